The van der Waals surface area contributed by atoms with Crippen molar-refractivity contribution in [1.29, 1.82) is 0 Å². The van der Waals surface area contributed by atoms with Crippen LogP contribution in [0.2, 0.25) is 5.02 Å². The van der Waals surface area contributed by atoms with Gasteiger partial charge in [-0.3, -0.25) is 4.79 Å². The van der Waals surface area contributed by atoms with Crippen molar-refractivity contribution in [2.75, 3.05) is 13.2 Å². The van der Waals surface area contributed by atoms with Crippen molar-refractivity contribution in [3.63, 3.8) is 0 Å². The summed E-state index contributed by atoms with van der Waals surface area (Å²) >= 11 is 7.79. The third kappa shape index (κ3) is 3.76. The molecule has 0 saturated heterocycles. The second-order valence-corrected chi connectivity index (χ2v) is 7.36. The van der Waals surface area contributed by atoms with Crippen molar-refractivity contribution < 1.29 is 19.0 Å². The maximum absolute atomic E-state index is 12.0. The lowest BCUT2D eigenvalue weighted by atomic mass is 10.2. The molecule has 1 aromatic heterocycles. The number of benzene rings is 2. The van der Waals surface area contributed by atoms with Crippen LogP contribution in [0.15, 0.2) is 36.4 Å². The van der Waals surface area contributed by atoms with Gasteiger partial charge in [-0.1, -0.05) is 23.7 Å². The number of ether oxygens (including phenoxy) is 3. The Bertz CT molecular complexity index is 923. The van der Waals surface area contributed by atoms with Gasteiger partial charge in [-0.05, 0) is 29.8 Å². The zero-order valence-electron chi connectivity index (χ0n) is 13.9. The fourth-order valence-corrected chi connectivity index (χ4v) is 3.97. The minimum atomic E-state index is -0.268. The van der Waals surface area contributed by atoms with Crippen LogP contribution in [0, 0.1) is 0 Å². The van der Waals surface area contributed by atoms with E-state index >= 15 is 0 Å². The second-order valence-electron chi connectivity index (χ2n) is 5.84. The molecule has 0 aliphatic carbocycles. The number of carbonyl (C=O) groups is 1. The molecule has 0 fully saturated rings. The molecule has 1 aliphatic rings. The normalized spacial score (nSPS) is 13.0. The van der Waals surface area contributed by atoms with Crippen LogP contribution < -0.4 is 9.47 Å². The largest absolute Gasteiger partial charge is 0.486 e. The molecule has 2 heterocycles. The van der Waals surface area contributed by atoms with Crippen LogP contribution in [0.3, 0.4) is 0 Å². The Labute approximate surface area is 159 Å². The molecule has 0 atom stereocenters. The molecule has 1 aliphatic heterocycles. The number of fused-ring (bicyclic) bond motifs is 2. The van der Waals surface area contributed by atoms with Gasteiger partial charge >= 0.3 is 5.97 Å². The number of esters is 1. The predicted molar refractivity (Wildman–Crippen MR) is 100 cm³/mol. The Hall–Kier alpha value is -2.31. The first-order valence-electron chi connectivity index (χ1n) is 8.27. The maximum Gasteiger partial charge on any atom is 0.306 e. The number of carbonyl (C=O) groups excluding carboxylic acids is 1. The van der Waals surface area contributed by atoms with Gasteiger partial charge in [0.15, 0.2) is 11.5 Å². The molecule has 2 aromatic carbocycles. The van der Waals surface area contributed by atoms with E-state index in [2.05, 4.69) is 4.98 Å². The molecule has 0 spiro atoms. The van der Waals surface area contributed by atoms with Gasteiger partial charge in [-0.15, -0.1) is 11.3 Å². The number of halogens is 1. The molecule has 0 radical (unpaired) electrons. The molecule has 0 N–H and O–H groups in total. The molecule has 5 nitrogen and oxygen atoms in total. The van der Waals surface area contributed by atoms with E-state index in [0.29, 0.717) is 36.2 Å². The van der Waals surface area contributed by atoms with Gasteiger partial charge < -0.3 is 14.2 Å². The van der Waals surface area contributed by atoms with Crippen molar-refractivity contribution in [3.8, 4) is 11.5 Å². The fraction of sp³-hybridized carbons (Fsp3) is 0.263. The molecule has 0 bridgehead atoms. The van der Waals surface area contributed by atoms with Crippen molar-refractivity contribution >= 4 is 39.1 Å². The van der Waals surface area contributed by atoms with Crippen LogP contribution in [0.4, 0.5) is 0 Å². The zero-order valence-corrected chi connectivity index (χ0v) is 15.4. The van der Waals surface area contributed by atoms with E-state index in [1.807, 2.05) is 24.3 Å². The zero-order chi connectivity index (χ0) is 17.9. The molecule has 0 unspecified atom stereocenters. The third-order valence-corrected chi connectivity index (χ3v) is 5.31. The molecule has 4 rings (SSSR count). The molecular formula is C19H16ClNO4S. The van der Waals surface area contributed by atoms with Crippen LogP contribution in [-0.2, 0) is 22.6 Å². The molecule has 7 heteroatoms. The standard InChI is InChI=1S/C19H16ClNO4S/c20-13-9-12(10-15-19(13)24-8-7-23-15)11-25-18(22)6-5-17-21-14-3-1-2-4-16(14)26-17/h1-4,9-10H,5-8,11H2. The molecule has 0 amide bonds. The summed E-state index contributed by atoms with van der Waals surface area (Å²) in [6, 6.07) is 11.5. The lowest BCUT2D eigenvalue weighted by molar-refractivity contribution is -0.144. The number of aromatic nitrogens is 1. The average Bonchev–Trinajstić information content (AvgIpc) is 3.08. The smallest absolute Gasteiger partial charge is 0.306 e. The van der Waals surface area contributed by atoms with Crippen molar-refractivity contribution in [3.05, 3.63) is 52.0 Å². The Balaban J connectivity index is 1.33. The number of nitrogens with zero attached hydrogens (tertiary/aromatic N) is 1. The maximum atomic E-state index is 12.0. The second kappa shape index (κ2) is 7.51. The highest BCUT2D eigenvalue weighted by atomic mass is 35.5. The number of hydrogen-bond acceptors (Lipinski definition) is 6. The first kappa shape index (κ1) is 17.1. The van der Waals surface area contributed by atoms with Crippen molar-refractivity contribution in [2.45, 2.75) is 19.4 Å². The van der Waals surface area contributed by atoms with Crippen LogP contribution in [0.1, 0.15) is 17.0 Å². The minimum Gasteiger partial charge on any atom is -0.486 e. The van der Waals surface area contributed by atoms with Gasteiger partial charge in [0.25, 0.3) is 0 Å². The predicted octanol–water partition coefficient (Wildman–Crippen LogP) is 4.40. The summed E-state index contributed by atoms with van der Waals surface area (Å²) in [6.07, 6.45) is 0.859. The van der Waals surface area contributed by atoms with E-state index in [0.717, 1.165) is 20.8 Å². The van der Waals surface area contributed by atoms with Crippen LogP contribution >= 0.6 is 22.9 Å². The minimum absolute atomic E-state index is 0.148. The monoisotopic (exact) mass is 389 g/mol. The van der Waals surface area contributed by atoms with Crippen LogP contribution in [0.25, 0.3) is 10.2 Å². The quantitative estimate of drug-likeness (QED) is 0.605. The Morgan fingerprint density at radius 1 is 1.23 bits per heavy atom. The Morgan fingerprint density at radius 2 is 2.08 bits per heavy atom. The van der Waals surface area contributed by atoms with E-state index in [1.165, 1.54) is 0 Å². The third-order valence-electron chi connectivity index (χ3n) is 3.94. The van der Waals surface area contributed by atoms with Gasteiger partial charge in [0, 0.05) is 6.42 Å². The molecule has 134 valence electrons. The van der Waals surface area contributed by atoms with Gasteiger partial charge in [-0.25, -0.2) is 4.98 Å². The topological polar surface area (TPSA) is 57.7 Å². The van der Waals surface area contributed by atoms with E-state index < -0.39 is 0 Å². The summed E-state index contributed by atoms with van der Waals surface area (Å²) in [5.74, 6) is 0.864. The summed E-state index contributed by atoms with van der Waals surface area (Å²) < 4.78 is 17.5. The Kier molecular flexibility index (Phi) is 4.95. The van der Waals surface area contributed by atoms with E-state index in [1.54, 1.807) is 23.5 Å². The number of para-hydroxylation sites is 1. The summed E-state index contributed by atoms with van der Waals surface area (Å²) in [5, 5.41) is 1.40. The summed E-state index contributed by atoms with van der Waals surface area (Å²) in [6.45, 7) is 1.11. The van der Waals surface area contributed by atoms with E-state index in [-0.39, 0.29) is 19.0 Å². The summed E-state index contributed by atoms with van der Waals surface area (Å²) in [7, 11) is 0. The van der Waals surface area contributed by atoms with Gasteiger partial charge in [0.2, 0.25) is 0 Å². The van der Waals surface area contributed by atoms with Gasteiger partial charge in [-0.2, -0.15) is 0 Å². The highest BCUT2D eigenvalue weighted by Crippen LogP contribution is 2.38. The number of rotatable bonds is 5. The van der Waals surface area contributed by atoms with Crippen LogP contribution in [-0.4, -0.2) is 24.2 Å². The SMILES string of the molecule is O=C(CCc1nc2ccccc2s1)OCc1cc(Cl)c2c(c1)OCCO2. The van der Waals surface area contributed by atoms with E-state index in [9.17, 15) is 4.79 Å². The number of aryl methyl sites for hydroxylation is 1. The number of thiazole rings is 1. The highest BCUT2D eigenvalue weighted by Gasteiger charge is 2.17. The van der Waals surface area contributed by atoms with Gasteiger partial charge in [0.1, 0.15) is 19.8 Å². The van der Waals surface area contributed by atoms with Crippen LogP contribution in [0.5, 0.6) is 11.5 Å². The average molecular weight is 390 g/mol. The van der Waals surface area contributed by atoms with Gasteiger partial charge in [0.05, 0.1) is 26.7 Å². The molecule has 26 heavy (non-hydrogen) atoms. The fourth-order valence-electron chi connectivity index (χ4n) is 2.72. The first-order chi connectivity index (χ1) is 12.7. The first-order valence-corrected chi connectivity index (χ1v) is 9.46. The number of hydrogen-bond donors (Lipinski definition) is 0. The molecule has 3 aromatic rings. The lowest BCUT2D eigenvalue weighted by Crippen LogP contribution is -2.16. The Morgan fingerprint density at radius 3 is 2.96 bits per heavy atom. The van der Waals surface area contributed by atoms with E-state index in [4.69, 9.17) is 25.8 Å². The molecular weight excluding hydrogens is 374 g/mol. The summed E-state index contributed by atoms with van der Waals surface area (Å²) in [4.78, 5) is 16.6. The summed E-state index contributed by atoms with van der Waals surface area (Å²) in [5.41, 5.74) is 1.74. The highest BCUT2D eigenvalue weighted by molar-refractivity contribution is 7.18. The van der Waals surface area contributed by atoms with Crippen molar-refractivity contribution in [1.82, 2.24) is 4.98 Å². The lowest BCUT2D eigenvalue weighted by Gasteiger charge is -2.20. The molecule has 0 saturated carbocycles. The van der Waals surface area contributed by atoms with Crippen molar-refractivity contribution in [2.24, 2.45) is 0 Å².